The molecule has 4 fully saturated rings. The van der Waals surface area contributed by atoms with Gasteiger partial charge in [0.15, 0.2) is 0 Å². The predicted molar refractivity (Wildman–Crippen MR) is 80.1 cm³/mol. The van der Waals surface area contributed by atoms with E-state index >= 15 is 0 Å². The van der Waals surface area contributed by atoms with E-state index in [4.69, 9.17) is 4.74 Å². The number of hydrogen-bond donors (Lipinski definition) is 0. The molecule has 2 unspecified atom stereocenters. The predicted octanol–water partition coefficient (Wildman–Crippen LogP) is 4.35. The highest BCUT2D eigenvalue weighted by Crippen LogP contribution is 2.66. The number of ether oxygens (including phenoxy) is 1. The largest absolute Gasteiger partial charge is 0.455 e. The number of carbonyl (C=O) groups excluding carboxylic acids is 1. The topological polar surface area (TPSA) is 26.3 Å². The molecule has 0 spiro atoms. The molecule has 20 heavy (non-hydrogen) atoms. The van der Waals surface area contributed by atoms with Crippen LogP contribution in [0.4, 0.5) is 0 Å². The van der Waals surface area contributed by atoms with E-state index in [2.05, 4.69) is 27.4 Å². The monoisotopic (exact) mass is 276 g/mol. The Kier molecular flexibility index (Phi) is 3.08. The summed E-state index contributed by atoms with van der Waals surface area (Å²) in [5.74, 6) is 2.19. The summed E-state index contributed by atoms with van der Waals surface area (Å²) in [6.45, 7) is 12.4. The van der Waals surface area contributed by atoms with E-state index in [-0.39, 0.29) is 11.6 Å². The number of hydrogen-bond acceptors (Lipinski definition) is 2. The maximum atomic E-state index is 12.2. The highest BCUT2D eigenvalue weighted by molar-refractivity contribution is 5.87. The zero-order valence-corrected chi connectivity index (χ0v) is 13.4. The van der Waals surface area contributed by atoms with Gasteiger partial charge in [-0.15, -0.1) is 0 Å². The normalized spacial score (nSPS) is 45.8. The van der Waals surface area contributed by atoms with Crippen molar-refractivity contribution in [3.8, 4) is 0 Å². The van der Waals surface area contributed by atoms with Crippen molar-refractivity contribution in [2.45, 2.75) is 65.4 Å². The van der Waals surface area contributed by atoms with E-state index in [0.717, 1.165) is 5.92 Å². The van der Waals surface area contributed by atoms with Gasteiger partial charge in [0.05, 0.1) is 0 Å². The van der Waals surface area contributed by atoms with E-state index < -0.39 is 0 Å². The molecule has 112 valence electrons. The van der Waals surface area contributed by atoms with Gasteiger partial charge in [-0.25, -0.2) is 4.79 Å². The van der Waals surface area contributed by atoms with E-state index in [1.165, 1.54) is 32.1 Å². The lowest BCUT2D eigenvalue weighted by Crippen LogP contribution is -2.64. The van der Waals surface area contributed by atoms with Gasteiger partial charge in [-0.3, -0.25) is 0 Å². The van der Waals surface area contributed by atoms with Gasteiger partial charge in [0.25, 0.3) is 0 Å². The van der Waals surface area contributed by atoms with Gasteiger partial charge in [-0.1, -0.05) is 27.4 Å². The molecule has 0 aliphatic heterocycles. The summed E-state index contributed by atoms with van der Waals surface area (Å²) in [4.78, 5) is 12.2. The zero-order valence-electron chi connectivity index (χ0n) is 13.4. The minimum Gasteiger partial charge on any atom is -0.455 e. The third-order valence-electron chi connectivity index (χ3n) is 6.29. The molecule has 0 amide bonds. The summed E-state index contributed by atoms with van der Waals surface area (Å²) in [7, 11) is 0. The Hall–Kier alpha value is -0.790. The molecule has 2 atom stereocenters. The van der Waals surface area contributed by atoms with Crippen LogP contribution in [-0.2, 0) is 9.53 Å². The van der Waals surface area contributed by atoms with E-state index in [0.29, 0.717) is 28.7 Å². The Morgan fingerprint density at radius 2 is 1.75 bits per heavy atom. The van der Waals surface area contributed by atoms with Crippen molar-refractivity contribution in [3.63, 3.8) is 0 Å². The quantitative estimate of drug-likeness (QED) is 0.566. The van der Waals surface area contributed by atoms with E-state index in [1.807, 2.05) is 0 Å². The highest BCUT2D eigenvalue weighted by Gasteiger charge is 2.63. The maximum absolute atomic E-state index is 12.2. The van der Waals surface area contributed by atoms with Gasteiger partial charge < -0.3 is 4.74 Å². The Bertz CT molecular complexity index is 432. The lowest BCUT2D eigenvalue weighted by atomic mass is 9.43. The lowest BCUT2D eigenvalue weighted by Gasteiger charge is -2.65. The summed E-state index contributed by atoms with van der Waals surface area (Å²) in [6.07, 6.45) is 6.38. The third kappa shape index (κ3) is 1.87. The fourth-order valence-corrected chi connectivity index (χ4v) is 5.87. The first kappa shape index (κ1) is 14.2. The summed E-state index contributed by atoms with van der Waals surface area (Å²) in [5, 5.41) is 0. The van der Waals surface area contributed by atoms with Crippen molar-refractivity contribution < 1.29 is 9.53 Å². The second kappa shape index (κ2) is 4.35. The fraction of sp³-hybridized carbons (Fsp3) is 0.833. The second-order valence-electron chi connectivity index (χ2n) is 8.33. The van der Waals surface area contributed by atoms with Crippen LogP contribution in [0.3, 0.4) is 0 Å². The van der Waals surface area contributed by atoms with Crippen LogP contribution < -0.4 is 0 Å². The average Bonchev–Trinajstić information content (AvgIpc) is 2.30. The molecule has 4 saturated carbocycles. The SMILES string of the molecule is C=C(C)C(=O)OC1(C(C)C)C2CC3CC1CC(C)(C3)C2. The van der Waals surface area contributed by atoms with Gasteiger partial charge in [-0.05, 0) is 56.3 Å². The van der Waals surface area contributed by atoms with Gasteiger partial charge in [0.2, 0.25) is 0 Å². The minimum absolute atomic E-state index is 0.184. The van der Waals surface area contributed by atoms with Crippen molar-refractivity contribution in [3.05, 3.63) is 12.2 Å². The molecule has 0 aromatic carbocycles. The van der Waals surface area contributed by atoms with Crippen molar-refractivity contribution in [1.29, 1.82) is 0 Å². The van der Waals surface area contributed by atoms with Gasteiger partial charge in [0.1, 0.15) is 5.60 Å². The van der Waals surface area contributed by atoms with Crippen molar-refractivity contribution in [2.75, 3.05) is 0 Å². The Morgan fingerprint density at radius 3 is 2.15 bits per heavy atom. The fourth-order valence-electron chi connectivity index (χ4n) is 5.87. The van der Waals surface area contributed by atoms with Crippen LogP contribution in [0.5, 0.6) is 0 Å². The standard InChI is InChI=1S/C18H28O2/c1-11(2)16(19)20-18(12(3)4)14-6-13-7-15(18)10-17(5,8-13)9-14/h12-15H,1,6-10H2,2-5H3. The average molecular weight is 276 g/mol. The molecule has 4 bridgehead atoms. The highest BCUT2D eigenvalue weighted by atomic mass is 16.6. The molecule has 2 nitrogen and oxygen atoms in total. The Balaban J connectivity index is 1.95. The molecule has 0 saturated heterocycles. The van der Waals surface area contributed by atoms with Crippen LogP contribution >= 0.6 is 0 Å². The van der Waals surface area contributed by atoms with Crippen LogP contribution in [0.1, 0.15) is 59.8 Å². The van der Waals surface area contributed by atoms with Crippen LogP contribution in [-0.4, -0.2) is 11.6 Å². The molecule has 4 rings (SSSR count). The Morgan fingerprint density at radius 1 is 1.20 bits per heavy atom. The maximum Gasteiger partial charge on any atom is 0.333 e. The van der Waals surface area contributed by atoms with Gasteiger partial charge >= 0.3 is 5.97 Å². The first-order valence-corrected chi connectivity index (χ1v) is 8.16. The molecule has 4 aliphatic rings. The molecular weight excluding hydrogens is 248 g/mol. The van der Waals surface area contributed by atoms with Crippen LogP contribution in [0, 0.1) is 29.1 Å². The molecular formula is C18H28O2. The molecule has 2 heteroatoms. The van der Waals surface area contributed by atoms with Crippen molar-refractivity contribution >= 4 is 5.97 Å². The van der Waals surface area contributed by atoms with E-state index in [1.54, 1.807) is 6.92 Å². The third-order valence-corrected chi connectivity index (χ3v) is 6.29. The van der Waals surface area contributed by atoms with Gasteiger partial charge in [-0.2, -0.15) is 0 Å². The smallest absolute Gasteiger partial charge is 0.333 e. The summed E-state index contributed by atoms with van der Waals surface area (Å²) in [5.41, 5.74) is 0.807. The lowest BCUT2D eigenvalue weighted by molar-refractivity contribution is -0.235. The van der Waals surface area contributed by atoms with Crippen molar-refractivity contribution in [2.24, 2.45) is 29.1 Å². The van der Waals surface area contributed by atoms with Gasteiger partial charge in [0, 0.05) is 17.4 Å². The first-order chi connectivity index (χ1) is 9.27. The minimum atomic E-state index is -0.230. The molecule has 0 heterocycles. The number of carbonyl (C=O) groups is 1. The van der Waals surface area contributed by atoms with Crippen LogP contribution in [0.25, 0.3) is 0 Å². The molecule has 0 aromatic heterocycles. The molecule has 0 radical (unpaired) electrons. The Labute approximate surface area is 123 Å². The van der Waals surface area contributed by atoms with Crippen LogP contribution in [0.2, 0.25) is 0 Å². The zero-order chi connectivity index (χ0) is 14.7. The van der Waals surface area contributed by atoms with Crippen LogP contribution in [0.15, 0.2) is 12.2 Å². The molecule has 4 aliphatic carbocycles. The first-order valence-electron chi connectivity index (χ1n) is 8.16. The molecule has 0 aromatic rings. The number of esters is 1. The number of rotatable bonds is 3. The summed E-state index contributed by atoms with van der Waals surface area (Å²) < 4.78 is 6.14. The van der Waals surface area contributed by atoms with Crippen molar-refractivity contribution in [1.82, 2.24) is 0 Å². The van der Waals surface area contributed by atoms with E-state index in [9.17, 15) is 4.79 Å². The second-order valence-corrected chi connectivity index (χ2v) is 8.33. The summed E-state index contributed by atoms with van der Waals surface area (Å²) >= 11 is 0. The summed E-state index contributed by atoms with van der Waals surface area (Å²) in [6, 6.07) is 0. The molecule has 0 N–H and O–H groups in total.